The van der Waals surface area contributed by atoms with Crippen molar-refractivity contribution in [2.75, 3.05) is 9.80 Å². The van der Waals surface area contributed by atoms with Crippen molar-refractivity contribution in [3.8, 4) is 39.1 Å². The van der Waals surface area contributed by atoms with Crippen molar-refractivity contribution < 1.29 is 17.7 Å². The van der Waals surface area contributed by atoms with Crippen LogP contribution >= 0.6 is 0 Å². The number of benzene rings is 15. The predicted molar refractivity (Wildman–Crippen MR) is 438 cm³/mol. The van der Waals surface area contributed by atoms with Crippen LogP contribution in [0.25, 0.3) is 149 Å². The van der Waals surface area contributed by atoms with Crippen molar-refractivity contribution in [2.45, 2.75) is 57.8 Å². The molecule has 7 nitrogen and oxygen atoms in total. The van der Waals surface area contributed by atoms with E-state index in [4.69, 9.17) is 17.7 Å². The maximum Gasteiger partial charge on any atom is 0.160 e. The number of nitrogens with zero attached hydrogens (tertiary/aromatic N) is 3. The van der Waals surface area contributed by atoms with Crippen LogP contribution in [-0.4, -0.2) is 4.57 Å². The van der Waals surface area contributed by atoms with Gasteiger partial charge in [-0.3, -0.25) is 0 Å². The van der Waals surface area contributed by atoms with E-state index in [1.54, 1.807) is 0 Å². The third-order valence-corrected chi connectivity index (χ3v) is 23.0. The minimum Gasteiger partial charge on any atom is -0.455 e. The average Bonchev–Trinajstić information content (AvgIpc) is 1.47. The van der Waals surface area contributed by atoms with E-state index in [2.05, 4.69) is 365 Å². The van der Waals surface area contributed by atoms with Gasteiger partial charge in [0.25, 0.3) is 0 Å². The zero-order valence-corrected chi connectivity index (χ0v) is 59.4. The van der Waals surface area contributed by atoms with Crippen molar-refractivity contribution in [3.05, 3.63) is 343 Å². The van der Waals surface area contributed by atoms with Crippen LogP contribution in [-0.2, 0) is 16.2 Å². The molecule has 106 heavy (non-hydrogen) atoms. The Bertz CT molecular complexity index is 7090. The van der Waals surface area contributed by atoms with Gasteiger partial charge in [-0.2, -0.15) is 0 Å². The first-order valence-electron chi connectivity index (χ1n) is 36.8. The number of aromatic nitrogens is 1. The molecule has 5 aromatic heterocycles. The zero-order valence-electron chi connectivity index (χ0n) is 59.4. The van der Waals surface area contributed by atoms with Crippen LogP contribution < -0.4 is 9.80 Å². The molecule has 0 N–H and O–H groups in total. The van der Waals surface area contributed by atoms with Gasteiger partial charge in [-0.15, -0.1) is 0 Å². The van der Waals surface area contributed by atoms with E-state index in [1.807, 2.05) is 0 Å². The van der Waals surface area contributed by atoms with E-state index in [9.17, 15) is 0 Å². The highest BCUT2D eigenvalue weighted by Crippen LogP contribution is 2.68. The lowest BCUT2D eigenvalue weighted by Crippen LogP contribution is -2.34. The topological polar surface area (TPSA) is 64.0 Å². The molecule has 2 aliphatic rings. The Morgan fingerprint density at radius 1 is 0.283 bits per heavy atom. The quantitative estimate of drug-likeness (QED) is 0.151. The molecule has 7 heteroatoms. The summed E-state index contributed by atoms with van der Waals surface area (Å²) in [7, 11) is 0. The molecule has 15 aromatic carbocycles. The number of furan rings is 4. The lowest BCUT2D eigenvalue weighted by atomic mass is 9.65. The SMILES string of the molecule is CC(C)(C)c1cccc2c1oc1c(N(c3ccc(-c4ccccc4)cc3)c3cc4c(c5c3oc3ccccc35)-c3c(cc(N(c5ccc(-c6ccccc6)cc5)c5cccc6c5oc5c(C(C)(C)C)cccc56)c5c3oc3ccccc35)C43c4ccccc4-n4c5ccccc5c5cccc3c54)cccc12. The second-order valence-electron chi connectivity index (χ2n) is 30.9. The molecule has 1 atom stereocenters. The number of hydrogen-bond acceptors (Lipinski definition) is 6. The van der Waals surface area contributed by atoms with Gasteiger partial charge >= 0.3 is 0 Å². The van der Waals surface area contributed by atoms with Crippen LogP contribution in [0.1, 0.15) is 74.9 Å². The Morgan fingerprint density at radius 3 is 1.29 bits per heavy atom. The van der Waals surface area contributed by atoms with Crippen LogP contribution in [0.15, 0.2) is 327 Å². The number of hydrogen-bond donors (Lipinski definition) is 0. The maximum atomic E-state index is 7.90. The molecule has 0 saturated carbocycles. The predicted octanol–water partition coefficient (Wildman–Crippen LogP) is 27.9. The van der Waals surface area contributed by atoms with Crippen molar-refractivity contribution in [1.82, 2.24) is 4.57 Å². The summed E-state index contributed by atoms with van der Waals surface area (Å²) in [4.78, 5) is 4.89. The lowest BCUT2D eigenvalue weighted by molar-refractivity contribution is 0.572. The van der Waals surface area contributed by atoms with Crippen LogP contribution in [0.5, 0.6) is 0 Å². The molecule has 6 heterocycles. The lowest BCUT2D eigenvalue weighted by Gasteiger charge is -2.40. The van der Waals surface area contributed by atoms with E-state index in [0.29, 0.717) is 0 Å². The van der Waals surface area contributed by atoms with Gasteiger partial charge in [0.1, 0.15) is 27.9 Å². The molecule has 20 aromatic rings. The first-order chi connectivity index (χ1) is 51.9. The number of para-hydroxylation sites is 9. The van der Waals surface area contributed by atoms with Crippen molar-refractivity contribution in [1.29, 1.82) is 0 Å². The highest BCUT2D eigenvalue weighted by atomic mass is 16.3. The largest absolute Gasteiger partial charge is 0.455 e. The van der Waals surface area contributed by atoms with Crippen molar-refractivity contribution in [2.24, 2.45) is 0 Å². The van der Waals surface area contributed by atoms with Crippen LogP contribution in [0.4, 0.5) is 34.1 Å². The second-order valence-corrected chi connectivity index (χ2v) is 30.9. The molecular weight excluding hydrogens is 1300 g/mol. The minimum absolute atomic E-state index is 0.205. The smallest absolute Gasteiger partial charge is 0.160 e. The molecule has 22 rings (SSSR count). The second kappa shape index (κ2) is 22.0. The maximum absolute atomic E-state index is 7.90. The first-order valence-corrected chi connectivity index (χ1v) is 36.8. The summed E-state index contributed by atoms with van der Waals surface area (Å²) in [6.07, 6.45) is 0. The number of anilines is 6. The molecule has 1 aliphatic carbocycles. The van der Waals surface area contributed by atoms with Gasteiger partial charge in [0.15, 0.2) is 16.7 Å². The average molecular weight is 1360 g/mol. The van der Waals surface area contributed by atoms with E-state index in [1.165, 1.54) is 10.8 Å². The van der Waals surface area contributed by atoms with E-state index < -0.39 is 5.41 Å². The van der Waals surface area contributed by atoms with Crippen LogP contribution in [0.2, 0.25) is 0 Å². The third kappa shape index (κ3) is 8.33. The van der Waals surface area contributed by atoms with Gasteiger partial charge in [0.05, 0.1) is 50.3 Å². The Hall–Kier alpha value is -13.1. The van der Waals surface area contributed by atoms with E-state index >= 15 is 0 Å². The summed E-state index contributed by atoms with van der Waals surface area (Å²) in [6, 6.07) is 113. The standard InChI is InChI=1S/C99H69N3O4/c1-97(2,3)74-40-22-34-66-68-36-24-44-80(93(68)105-91(66)74)100(62-52-48-60(49-53-62)58-26-9-7-10-27-58)82-56-77-89(96-86(82)70-31-14-19-46-84(70)104-96)88-76(99(77)72-38-16-18-43-79(72)102-78-42-17-13-30-64(78)65-33-21-39-73(99)90(65)102)57-83(95-87(88)71-32-15-20-47-85(71)103-95)101(63-54-50-61(51-55-63)59-28-11-8-12-29-59)81-45-25-37-69-67-35-23-41-75(98(4,5)6)92(67)106-94(69)81/h7-57H,1-6H3. The molecular formula is C99H69N3O4. The zero-order chi connectivity index (χ0) is 70.6. The Morgan fingerprint density at radius 2 is 0.708 bits per heavy atom. The molecule has 504 valence electrons. The fourth-order valence-electron chi connectivity index (χ4n) is 18.5. The van der Waals surface area contributed by atoms with Gasteiger partial charge in [0, 0.05) is 82.1 Å². The van der Waals surface area contributed by atoms with Gasteiger partial charge in [-0.25, -0.2) is 0 Å². The van der Waals surface area contributed by atoms with E-state index in [0.717, 1.165) is 205 Å². The summed E-state index contributed by atoms with van der Waals surface area (Å²) >= 11 is 0. The third-order valence-electron chi connectivity index (χ3n) is 23.0. The molecule has 0 radical (unpaired) electrons. The van der Waals surface area contributed by atoms with Gasteiger partial charge in [0.2, 0.25) is 0 Å². The Balaban J connectivity index is 0.927. The highest BCUT2D eigenvalue weighted by Gasteiger charge is 2.54. The molecule has 0 fully saturated rings. The fraction of sp³-hybridized carbons (Fsp3) is 0.0909. The van der Waals surface area contributed by atoms with Crippen molar-refractivity contribution >= 4 is 144 Å². The van der Waals surface area contributed by atoms with Gasteiger partial charge in [-0.1, -0.05) is 278 Å². The summed E-state index contributed by atoms with van der Waals surface area (Å²) in [5.41, 5.74) is 27.1. The fourth-order valence-corrected chi connectivity index (χ4v) is 18.5. The Labute approximate surface area is 611 Å². The van der Waals surface area contributed by atoms with Crippen LogP contribution in [0.3, 0.4) is 0 Å². The molecule has 0 saturated heterocycles. The molecule has 0 bridgehead atoms. The molecule has 0 amide bonds. The normalized spacial score (nSPS) is 14.2. The Kier molecular flexibility index (Phi) is 12.5. The molecule has 1 aliphatic heterocycles. The first kappa shape index (κ1) is 60.5. The highest BCUT2D eigenvalue weighted by molar-refractivity contribution is 6.28. The van der Waals surface area contributed by atoms with Gasteiger partial charge < -0.3 is 32.0 Å². The summed E-state index contributed by atoms with van der Waals surface area (Å²) in [5.74, 6) is 0. The van der Waals surface area contributed by atoms with E-state index in [-0.39, 0.29) is 10.8 Å². The summed E-state index contributed by atoms with van der Waals surface area (Å²) in [6.45, 7) is 13.6. The molecule has 1 spiro atoms. The minimum atomic E-state index is -1.08. The molecule has 1 unspecified atom stereocenters. The summed E-state index contributed by atoms with van der Waals surface area (Å²) < 4.78 is 33.2. The van der Waals surface area contributed by atoms with Gasteiger partial charge in [-0.05, 0) is 128 Å². The number of fused-ring (bicyclic) bond motifs is 26. The number of rotatable bonds is 8. The monoisotopic (exact) mass is 1360 g/mol. The van der Waals surface area contributed by atoms with Crippen molar-refractivity contribution in [3.63, 3.8) is 0 Å². The summed E-state index contributed by atoms with van der Waals surface area (Å²) in [5, 5.41) is 10.5. The van der Waals surface area contributed by atoms with Crippen LogP contribution in [0, 0.1) is 0 Å².